The number of hydrogen-bond acceptors (Lipinski definition) is 3. The predicted molar refractivity (Wildman–Crippen MR) is 81.6 cm³/mol. The number of hydrogen-bond donors (Lipinski definition) is 0. The van der Waals surface area contributed by atoms with Gasteiger partial charge in [-0.25, -0.2) is 4.79 Å². The Labute approximate surface area is 124 Å². The summed E-state index contributed by atoms with van der Waals surface area (Å²) < 4.78 is 4.92. The zero-order valence-electron chi connectivity index (χ0n) is 12.3. The van der Waals surface area contributed by atoms with Crippen LogP contribution in [0, 0.1) is 6.92 Å². The van der Waals surface area contributed by atoms with Crippen LogP contribution in [0.15, 0.2) is 48.5 Å². The van der Waals surface area contributed by atoms with E-state index in [9.17, 15) is 9.59 Å². The topological polar surface area (TPSA) is 43.4 Å². The molecule has 21 heavy (non-hydrogen) atoms. The Hall–Kier alpha value is -2.42. The van der Waals surface area contributed by atoms with Crippen molar-refractivity contribution in [3.05, 3.63) is 70.8 Å². The van der Waals surface area contributed by atoms with Gasteiger partial charge in [0.15, 0.2) is 5.78 Å². The van der Waals surface area contributed by atoms with Crippen molar-refractivity contribution in [1.29, 1.82) is 0 Å². The van der Waals surface area contributed by atoms with Crippen LogP contribution in [0.3, 0.4) is 0 Å². The van der Waals surface area contributed by atoms with Crippen molar-refractivity contribution in [1.82, 2.24) is 0 Å². The number of carbonyl (C=O) groups excluding carboxylic acids is 2. The molecule has 0 N–H and O–H groups in total. The SMILES string of the molecule is CCOC(=O)c1ccc(CC(=O)c2ccc(C)cc2)cc1. The molecule has 3 nitrogen and oxygen atoms in total. The Balaban J connectivity index is 2.04. The maximum atomic E-state index is 12.2. The Bertz CT molecular complexity index is 625. The molecular weight excluding hydrogens is 264 g/mol. The fourth-order valence-corrected chi connectivity index (χ4v) is 2.00. The maximum Gasteiger partial charge on any atom is 0.338 e. The predicted octanol–water partition coefficient (Wildman–Crippen LogP) is 3.60. The number of ether oxygens (including phenoxy) is 1. The lowest BCUT2D eigenvalue weighted by Crippen LogP contribution is -2.06. The third-order valence-corrected chi connectivity index (χ3v) is 3.20. The van der Waals surface area contributed by atoms with Crippen LogP contribution >= 0.6 is 0 Å². The normalized spacial score (nSPS) is 10.2. The van der Waals surface area contributed by atoms with Crippen LogP contribution in [-0.4, -0.2) is 18.4 Å². The van der Waals surface area contributed by atoms with Crippen LogP contribution < -0.4 is 0 Å². The zero-order chi connectivity index (χ0) is 15.2. The van der Waals surface area contributed by atoms with Crippen molar-refractivity contribution >= 4 is 11.8 Å². The van der Waals surface area contributed by atoms with Crippen molar-refractivity contribution in [3.8, 4) is 0 Å². The largest absolute Gasteiger partial charge is 0.462 e. The molecule has 0 bridgehead atoms. The summed E-state index contributed by atoms with van der Waals surface area (Å²) in [5.74, 6) is -0.271. The van der Waals surface area contributed by atoms with Gasteiger partial charge in [0.2, 0.25) is 0 Å². The summed E-state index contributed by atoms with van der Waals surface area (Å²) >= 11 is 0. The highest BCUT2D eigenvalue weighted by atomic mass is 16.5. The van der Waals surface area contributed by atoms with Crippen LogP contribution in [0.2, 0.25) is 0 Å². The summed E-state index contributed by atoms with van der Waals surface area (Å²) in [6.07, 6.45) is 0.326. The van der Waals surface area contributed by atoms with Crippen LogP contribution in [0.1, 0.15) is 38.8 Å². The molecule has 2 rings (SSSR count). The molecule has 0 heterocycles. The highest BCUT2D eigenvalue weighted by molar-refractivity contribution is 5.97. The monoisotopic (exact) mass is 282 g/mol. The zero-order valence-corrected chi connectivity index (χ0v) is 12.3. The van der Waals surface area contributed by atoms with E-state index in [0.717, 1.165) is 11.1 Å². The van der Waals surface area contributed by atoms with Gasteiger partial charge in [-0.05, 0) is 31.5 Å². The molecule has 108 valence electrons. The molecule has 0 amide bonds. The van der Waals surface area contributed by atoms with E-state index >= 15 is 0 Å². The highest BCUT2D eigenvalue weighted by Gasteiger charge is 2.09. The molecule has 0 unspecified atom stereocenters. The van der Waals surface area contributed by atoms with Gasteiger partial charge in [0.1, 0.15) is 0 Å². The molecule has 0 aromatic heterocycles. The lowest BCUT2D eigenvalue weighted by atomic mass is 10.0. The molecule has 0 atom stereocenters. The van der Waals surface area contributed by atoms with E-state index in [-0.39, 0.29) is 11.8 Å². The number of esters is 1. The van der Waals surface area contributed by atoms with E-state index in [1.165, 1.54) is 0 Å². The molecule has 2 aromatic rings. The third kappa shape index (κ3) is 4.02. The van der Waals surface area contributed by atoms with E-state index in [1.807, 2.05) is 31.2 Å². The van der Waals surface area contributed by atoms with Crippen molar-refractivity contribution in [3.63, 3.8) is 0 Å². The molecule has 0 saturated heterocycles. The number of ketones is 1. The summed E-state index contributed by atoms with van der Waals surface area (Å²) in [5.41, 5.74) is 3.22. The van der Waals surface area contributed by atoms with E-state index in [2.05, 4.69) is 0 Å². The Kier molecular flexibility index (Phi) is 4.88. The summed E-state index contributed by atoms with van der Waals surface area (Å²) in [6.45, 7) is 4.11. The molecule has 0 saturated carbocycles. The van der Waals surface area contributed by atoms with Gasteiger partial charge in [-0.15, -0.1) is 0 Å². The lowest BCUT2D eigenvalue weighted by molar-refractivity contribution is 0.0526. The summed E-state index contributed by atoms with van der Waals surface area (Å²) in [5, 5.41) is 0. The summed E-state index contributed by atoms with van der Waals surface area (Å²) in [7, 11) is 0. The van der Waals surface area contributed by atoms with E-state index in [1.54, 1.807) is 31.2 Å². The molecular formula is C18H18O3. The van der Waals surface area contributed by atoms with Crippen LogP contribution in [-0.2, 0) is 11.2 Å². The fraction of sp³-hybridized carbons (Fsp3) is 0.222. The number of carbonyl (C=O) groups is 2. The average Bonchev–Trinajstić information content (AvgIpc) is 2.49. The molecule has 3 heteroatoms. The van der Waals surface area contributed by atoms with Crippen molar-refractivity contribution < 1.29 is 14.3 Å². The van der Waals surface area contributed by atoms with Gasteiger partial charge in [0, 0.05) is 12.0 Å². The van der Waals surface area contributed by atoms with Crippen LogP contribution in [0.4, 0.5) is 0 Å². The first-order valence-corrected chi connectivity index (χ1v) is 6.96. The van der Waals surface area contributed by atoms with E-state index < -0.39 is 0 Å². The minimum absolute atomic E-state index is 0.0684. The van der Waals surface area contributed by atoms with Gasteiger partial charge in [-0.2, -0.15) is 0 Å². The molecule has 0 fully saturated rings. The second-order valence-corrected chi connectivity index (χ2v) is 4.88. The van der Waals surface area contributed by atoms with Crippen molar-refractivity contribution in [2.45, 2.75) is 20.3 Å². The second-order valence-electron chi connectivity index (χ2n) is 4.88. The quantitative estimate of drug-likeness (QED) is 0.621. The maximum absolute atomic E-state index is 12.2. The van der Waals surface area contributed by atoms with Crippen LogP contribution in [0.25, 0.3) is 0 Å². The van der Waals surface area contributed by atoms with Gasteiger partial charge >= 0.3 is 5.97 Å². The fourth-order valence-electron chi connectivity index (χ4n) is 2.00. The van der Waals surface area contributed by atoms with Crippen LogP contribution in [0.5, 0.6) is 0 Å². The second kappa shape index (κ2) is 6.84. The lowest BCUT2D eigenvalue weighted by Gasteiger charge is -2.04. The van der Waals surface area contributed by atoms with E-state index in [4.69, 9.17) is 4.74 Å². The summed E-state index contributed by atoms with van der Waals surface area (Å²) in [6, 6.07) is 14.5. The molecule has 0 spiro atoms. The minimum Gasteiger partial charge on any atom is -0.462 e. The number of rotatable bonds is 5. The minimum atomic E-state index is -0.339. The first-order chi connectivity index (χ1) is 10.1. The van der Waals surface area contributed by atoms with Gasteiger partial charge in [-0.1, -0.05) is 42.0 Å². The first kappa shape index (κ1) is 15.0. The standard InChI is InChI=1S/C18H18O3/c1-3-21-18(20)16-10-6-14(7-11-16)12-17(19)15-8-4-13(2)5-9-15/h4-11H,3,12H2,1-2H3. The van der Waals surface area contributed by atoms with Crippen molar-refractivity contribution in [2.75, 3.05) is 6.61 Å². The molecule has 0 aliphatic rings. The molecule has 0 radical (unpaired) electrons. The Morgan fingerprint density at radius 1 is 0.905 bits per heavy atom. The molecule has 2 aromatic carbocycles. The Morgan fingerprint density at radius 3 is 2.05 bits per heavy atom. The highest BCUT2D eigenvalue weighted by Crippen LogP contribution is 2.11. The smallest absolute Gasteiger partial charge is 0.338 e. The van der Waals surface area contributed by atoms with Gasteiger partial charge in [0.25, 0.3) is 0 Å². The number of aryl methyl sites for hydroxylation is 1. The van der Waals surface area contributed by atoms with Gasteiger partial charge in [-0.3, -0.25) is 4.79 Å². The molecule has 0 aliphatic carbocycles. The average molecular weight is 282 g/mol. The summed E-state index contributed by atoms with van der Waals surface area (Å²) in [4.78, 5) is 23.7. The number of Topliss-reactive ketones (excluding diaryl/α,β-unsaturated/α-hetero) is 1. The Morgan fingerprint density at radius 2 is 1.48 bits per heavy atom. The molecule has 0 aliphatic heterocycles. The van der Waals surface area contributed by atoms with Crippen molar-refractivity contribution in [2.24, 2.45) is 0 Å². The number of benzene rings is 2. The van der Waals surface area contributed by atoms with Gasteiger partial charge in [0.05, 0.1) is 12.2 Å². The van der Waals surface area contributed by atoms with Gasteiger partial charge < -0.3 is 4.74 Å². The van der Waals surface area contributed by atoms with E-state index in [0.29, 0.717) is 24.2 Å². The first-order valence-electron chi connectivity index (χ1n) is 6.96. The third-order valence-electron chi connectivity index (χ3n) is 3.20.